The van der Waals surface area contributed by atoms with E-state index in [1.54, 1.807) is 48.5 Å². The maximum Gasteiger partial charge on any atom is 0.453 e. The van der Waals surface area contributed by atoms with E-state index in [9.17, 15) is 33.3 Å². The number of allylic oxidation sites excluding steroid dienone is 1. The van der Waals surface area contributed by atoms with Gasteiger partial charge >= 0.3 is 13.3 Å². The first-order chi connectivity index (χ1) is 17.7. The zero-order valence-corrected chi connectivity index (χ0v) is 19.5. The summed E-state index contributed by atoms with van der Waals surface area (Å²) < 4.78 is 43.9. The Kier molecular flexibility index (Phi) is 9.43. The van der Waals surface area contributed by atoms with Gasteiger partial charge in [0.05, 0.1) is 35.9 Å². The number of amides is 1. The first-order valence-electron chi connectivity index (χ1n) is 11.2. The van der Waals surface area contributed by atoms with Gasteiger partial charge in [-0.3, -0.25) is 9.78 Å². The van der Waals surface area contributed by atoms with Crippen LogP contribution in [-0.4, -0.2) is 34.7 Å². The number of pyridine rings is 1. The lowest BCUT2D eigenvalue weighted by Gasteiger charge is -2.19. The van der Waals surface area contributed by atoms with E-state index in [0.29, 0.717) is 17.5 Å². The number of hydrogen-bond donors (Lipinski definition) is 3. The summed E-state index contributed by atoms with van der Waals surface area (Å²) in [4.78, 5) is 16.2. The second-order valence-electron chi connectivity index (χ2n) is 8.02. The van der Waals surface area contributed by atoms with Crippen molar-refractivity contribution in [2.24, 2.45) is 0 Å². The second kappa shape index (κ2) is 12.7. The molecule has 0 aliphatic rings. The predicted molar refractivity (Wildman–Crippen MR) is 132 cm³/mol. The summed E-state index contributed by atoms with van der Waals surface area (Å²) in [6.07, 6.45) is -2.44. The Morgan fingerprint density at radius 3 is 2.51 bits per heavy atom. The number of benzene rings is 2. The van der Waals surface area contributed by atoms with E-state index in [4.69, 9.17) is 4.74 Å². The van der Waals surface area contributed by atoms with Gasteiger partial charge in [-0.25, -0.2) is 0 Å². The zero-order chi connectivity index (χ0) is 26.8. The van der Waals surface area contributed by atoms with E-state index in [1.165, 1.54) is 6.08 Å². The van der Waals surface area contributed by atoms with Crippen molar-refractivity contribution in [2.45, 2.75) is 25.0 Å². The molecule has 1 amide bonds. The third-order valence-corrected chi connectivity index (χ3v) is 5.24. The molecule has 190 valence electrons. The van der Waals surface area contributed by atoms with E-state index in [0.717, 1.165) is 17.7 Å². The van der Waals surface area contributed by atoms with Gasteiger partial charge in [0.1, 0.15) is 11.8 Å². The molecule has 1 heterocycles. The Morgan fingerprint density at radius 1 is 1.14 bits per heavy atom. The van der Waals surface area contributed by atoms with E-state index < -0.39 is 24.9 Å². The molecule has 0 bridgehead atoms. The molecule has 1 aromatic heterocycles. The molecular weight excluding hydrogens is 486 g/mol. The molecule has 3 aromatic rings. The molecule has 0 fully saturated rings. The molecule has 0 radical (unpaired) electrons. The number of rotatable bonds is 10. The van der Waals surface area contributed by atoms with Crippen LogP contribution in [0.1, 0.15) is 34.8 Å². The maximum absolute atomic E-state index is 12.8. The number of carbonyl (C=O) groups excluding carboxylic acids is 1. The number of hydrogen-bond acceptors (Lipinski definition) is 6. The van der Waals surface area contributed by atoms with Gasteiger partial charge in [-0.15, -0.1) is 0 Å². The monoisotopic (exact) mass is 509 g/mol. The van der Waals surface area contributed by atoms with Crippen molar-refractivity contribution in [2.75, 3.05) is 6.61 Å². The average molecular weight is 509 g/mol. The van der Waals surface area contributed by atoms with Gasteiger partial charge in [-0.1, -0.05) is 42.5 Å². The third-order valence-electron chi connectivity index (χ3n) is 5.24. The van der Waals surface area contributed by atoms with Crippen LogP contribution in [-0.2, 0) is 11.0 Å². The van der Waals surface area contributed by atoms with Crippen molar-refractivity contribution in [3.63, 3.8) is 0 Å². The fourth-order valence-corrected chi connectivity index (χ4v) is 3.45. The van der Waals surface area contributed by atoms with Crippen molar-refractivity contribution in [1.82, 2.24) is 10.3 Å². The summed E-state index contributed by atoms with van der Waals surface area (Å²) in [7, 11) is -1.59. The number of nitrogens with zero attached hydrogens (tertiary/aromatic N) is 2. The topological polar surface area (TPSA) is 115 Å². The minimum absolute atomic E-state index is 0.00381. The highest BCUT2D eigenvalue weighted by molar-refractivity contribution is 6.41. The van der Waals surface area contributed by atoms with Crippen LogP contribution in [0.4, 0.5) is 13.2 Å². The maximum atomic E-state index is 12.8. The molecule has 37 heavy (non-hydrogen) atoms. The quantitative estimate of drug-likeness (QED) is 0.278. The van der Waals surface area contributed by atoms with Gasteiger partial charge in [0.25, 0.3) is 0 Å². The van der Waals surface area contributed by atoms with Gasteiger partial charge in [0.15, 0.2) is 0 Å². The number of halogens is 3. The van der Waals surface area contributed by atoms with Crippen LogP contribution in [0.3, 0.4) is 0 Å². The molecule has 0 saturated heterocycles. The number of ether oxygens (including phenoxy) is 1. The lowest BCUT2D eigenvalue weighted by molar-refractivity contribution is -0.137. The first kappa shape index (κ1) is 27.5. The predicted octanol–water partition coefficient (Wildman–Crippen LogP) is 4.26. The molecule has 3 rings (SSSR count). The van der Waals surface area contributed by atoms with Crippen molar-refractivity contribution >= 4 is 24.7 Å². The highest BCUT2D eigenvalue weighted by Crippen LogP contribution is 2.29. The average Bonchev–Trinajstić information content (AvgIpc) is 2.87. The van der Waals surface area contributed by atoms with Crippen LogP contribution in [0.25, 0.3) is 11.6 Å². The van der Waals surface area contributed by atoms with Crippen LogP contribution in [0.5, 0.6) is 5.75 Å². The zero-order valence-electron chi connectivity index (χ0n) is 19.5. The number of nitriles is 1. The van der Waals surface area contributed by atoms with E-state index in [2.05, 4.69) is 10.3 Å². The molecule has 0 saturated carbocycles. The Bertz CT molecular complexity index is 1260. The standard InChI is InChI=1S/C26H23BF3N3O4/c28-26(29,30)21-9-10-23(32-17-21)20(16-31)13-18-5-4-8-22(14-18)37-12-11-25(34)33-24(15-27(35)36)19-6-2-1-3-7-19/h1-10,13-14,17,24,35-36H,11-12,15H2,(H,33,34)/t24-/m0/s1. The lowest BCUT2D eigenvalue weighted by atomic mass is 9.79. The van der Waals surface area contributed by atoms with Gasteiger partial charge in [-0.2, -0.15) is 18.4 Å². The molecule has 1 atom stereocenters. The van der Waals surface area contributed by atoms with Crippen molar-refractivity contribution in [3.05, 3.63) is 95.3 Å². The molecular formula is C26H23BF3N3O4. The number of aromatic nitrogens is 1. The smallest absolute Gasteiger partial charge is 0.453 e. The van der Waals surface area contributed by atoms with Crippen LogP contribution in [0.15, 0.2) is 72.9 Å². The van der Waals surface area contributed by atoms with E-state index in [1.807, 2.05) is 12.1 Å². The number of alkyl halides is 3. The van der Waals surface area contributed by atoms with Crippen LogP contribution >= 0.6 is 0 Å². The molecule has 11 heteroatoms. The summed E-state index contributed by atoms with van der Waals surface area (Å²) >= 11 is 0. The summed E-state index contributed by atoms with van der Waals surface area (Å²) in [6, 6.07) is 18.9. The Morgan fingerprint density at radius 2 is 1.89 bits per heavy atom. The normalized spacial score (nSPS) is 12.4. The van der Waals surface area contributed by atoms with Gasteiger partial charge in [-0.05, 0) is 41.5 Å². The largest absolute Gasteiger partial charge is 0.493 e. The fourth-order valence-electron chi connectivity index (χ4n) is 3.45. The summed E-state index contributed by atoms with van der Waals surface area (Å²) in [6.45, 7) is 0.0355. The number of nitrogens with one attached hydrogen (secondary N) is 1. The molecule has 0 aliphatic carbocycles. The highest BCUT2D eigenvalue weighted by atomic mass is 19.4. The highest BCUT2D eigenvalue weighted by Gasteiger charge is 2.30. The Balaban J connectivity index is 1.60. The molecule has 2 aromatic carbocycles. The van der Waals surface area contributed by atoms with Crippen molar-refractivity contribution in [3.8, 4) is 11.8 Å². The minimum Gasteiger partial charge on any atom is -0.493 e. The van der Waals surface area contributed by atoms with Gasteiger partial charge in [0.2, 0.25) is 5.91 Å². The van der Waals surface area contributed by atoms with Crippen LogP contribution < -0.4 is 10.1 Å². The molecule has 7 nitrogen and oxygen atoms in total. The van der Waals surface area contributed by atoms with Crippen LogP contribution in [0.2, 0.25) is 6.32 Å². The van der Waals surface area contributed by atoms with Crippen molar-refractivity contribution in [1.29, 1.82) is 5.26 Å². The van der Waals surface area contributed by atoms with Crippen molar-refractivity contribution < 1.29 is 32.8 Å². The minimum atomic E-state index is -4.52. The van der Waals surface area contributed by atoms with Gasteiger partial charge < -0.3 is 20.1 Å². The van der Waals surface area contributed by atoms with Gasteiger partial charge in [0, 0.05) is 12.5 Å². The lowest BCUT2D eigenvalue weighted by Crippen LogP contribution is -2.32. The molecule has 0 spiro atoms. The Labute approximate surface area is 212 Å². The molecule has 0 aliphatic heterocycles. The molecule has 3 N–H and O–H groups in total. The summed E-state index contributed by atoms with van der Waals surface area (Å²) in [5, 5.41) is 30.9. The first-order valence-corrected chi connectivity index (χ1v) is 11.2. The number of carbonyl (C=O) groups is 1. The summed E-state index contributed by atoms with van der Waals surface area (Å²) in [5.41, 5.74) is 0.555. The fraction of sp³-hybridized carbons (Fsp3) is 0.192. The molecule has 0 unspecified atom stereocenters. The second-order valence-corrected chi connectivity index (χ2v) is 8.02. The van der Waals surface area contributed by atoms with E-state index >= 15 is 0 Å². The third kappa shape index (κ3) is 8.49. The van der Waals surface area contributed by atoms with Crippen LogP contribution in [0, 0.1) is 11.3 Å². The van der Waals surface area contributed by atoms with E-state index in [-0.39, 0.29) is 36.5 Å². The SMILES string of the molecule is N#CC(=Cc1cccc(OCCC(=O)N[C@@H](CB(O)O)c2ccccc2)c1)c1ccc(C(F)(F)F)cn1. The summed E-state index contributed by atoms with van der Waals surface area (Å²) in [5.74, 6) is 0.0790. The Hall–Kier alpha value is -4.14.